The van der Waals surface area contributed by atoms with Crippen molar-refractivity contribution < 1.29 is 23.1 Å². The molecule has 1 aromatic heterocycles. The fraction of sp³-hybridized carbons (Fsp3) is 0.158. The van der Waals surface area contributed by atoms with Crippen molar-refractivity contribution in [1.82, 2.24) is 9.78 Å². The SMILES string of the molecule is CCc1ccc(-c2cc(C(F)(F)F)nn2-c2ccccc2)cc1.NC(=O)O. The molecule has 0 saturated carbocycles. The van der Waals surface area contributed by atoms with Crippen LogP contribution in [-0.2, 0) is 12.6 Å². The molecule has 0 bridgehead atoms. The highest BCUT2D eigenvalue weighted by molar-refractivity contribution is 5.63. The summed E-state index contributed by atoms with van der Waals surface area (Å²) in [5, 5.41) is 11.0. The summed E-state index contributed by atoms with van der Waals surface area (Å²) in [5.41, 5.74) is 5.99. The molecule has 142 valence electrons. The number of nitrogens with two attached hydrogens (primary N) is 1. The van der Waals surface area contributed by atoms with Crippen LogP contribution in [0.5, 0.6) is 0 Å². The Balaban J connectivity index is 0.000000596. The summed E-state index contributed by atoms with van der Waals surface area (Å²) < 4.78 is 40.5. The number of hydrogen-bond acceptors (Lipinski definition) is 2. The first kappa shape index (κ1) is 20.0. The van der Waals surface area contributed by atoms with Gasteiger partial charge in [-0.25, -0.2) is 9.48 Å². The van der Waals surface area contributed by atoms with Crippen LogP contribution in [0.25, 0.3) is 16.9 Å². The minimum Gasteiger partial charge on any atom is -0.465 e. The second-order valence-corrected chi connectivity index (χ2v) is 5.55. The van der Waals surface area contributed by atoms with Crippen LogP contribution in [0.1, 0.15) is 18.2 Å². The van der Waals surface area contributed by atoms with Gasteiger partial charge in [0.15, 0.2) is 5.69 Å². The Morgan fingerprint density at radius 2 is 1.67 bits per heavy atom. The van der Waals surface area contributed by atoms with E-state index in [1.165, 1.54) is 4.68 Å². The normalized spacial score (nSPS) is 10.8. The monoisotopic (exact) mass is 377 g/mol. The number of hydrogen-bond donors (Lipinski definition) is 2. The number of para-hydroxylation sites is 1. The number of aromatic nitrogens is 2. The molecule has 0 radical (unpaired) electrons. The van der Waals surface area contributed by atoms with Crippen LogP contribution in [0, 0.1) is 0 Å². The van der Waals surface area contributed by atoms with Crippen molar-refractivity contribution in [3.05, 3.63) is 71.9 Å². The molecule has 0 fully saturated rings. The number of halogens is 3. The Bertz CT molecular complexity index is 885. The molecular formula is C19H18F3N3O2. The van der Waals surface area contributed by atoms with Crippen molar-refractivity contribution in [3.63, 3.8) is 0 Å². The highest BCUT2D eigenvalue weighted by Crippen LogP contribution is 2.33. The standard InChI is InChI=1S/C18H15F3N2.CH3NO2/c1-2-13-8-10-14(11-9-13)16-12-17(18(19,20)21)22-23(16)15-6-4-3-5-7-15;2-1(3)4/h3-12H,2H2,1H3;2H2,(H,3,4). The van der Waals surface area contributed by atoms with E-state index in [1.54, 1.807) is 24.3 Å². The number of rotatable bonds is 3. The summed E-state index contributed by atoms with van der Waals surface area (Å²) in [4.78, 5) is 8.78. The van der Waals surface area contributed by atoms with Crippen molar-refractivity contribution in [1.29, 1.82) is 0 Å². The maximum Gasteiger partial charge on any atom is 0.435 e. The average Bonchev–Trinajstić information content (AvgIpc) is 3.08. The fourth-order valence-corrected chi connectivity index (χ4v) is 2.40. The predicted octanol–water partition coefficient (Wildman–Crippen LogP) is 4.74. The Labute approximate surface area is 153 Å². The van der Waals surface area contributed by atoms with E-state index in [0.717, 1.165) is 18.1 Å². The van der Waals surface area contributed by atoms with Gasteiger partial charge in [0.2, 0.25) is 0 Å². The molecule has 1 heterocycles. The van der Waals surface area contributed by atoms with Crippen LogP contribution in [0.4, 0.5) is 18.0 Å². The summed E-state index contributed by atoms with van der Waals surface area (Å²) in [6, 6.07) is 17.4. The Kier molecular flexibility index (Phi) is 6.23. The smallest absolute Gasteiger partial charge is 0.435 e. The first-order valence-electron chi connectivity index (χ1n) is 8.02. The molecular weight excluding hydrogens is 359 g/mol. The van der Waals surface area contributed by atoms with Gasteiger partial charge in [-0.05, 0) is 30.2 Å². The van der Waals surface area contributed by atoms with Gasteiger partial charge in [0, 0.05) is 5.56 Å². The minimum absolute atomic E-state index is 0.422. The van der Waals surface area contributed by atoms with E-state index in [9.17, 15) is 13.2 Å². The number of carbonyl (C=O) groups is 1. The van der Waals surface area contributed by atoms with Gasteiger partial charge in [-0.2, -0.15) is 18.3 Å². The molecule has 0 aliphatic carbocycles. The molecule has 0 atom stereocenters. The molecule has 0 aliphatic rings. The van der Waals surface area contributed by atoms with Crippen LogP contribution < -0.4 is 5.73 Å². The molecule has 0 unspecified atom stereocenters. The summed E-state index contributed by atoms with van der Waals surface area (Å²) in [6.45, 7) is 2.03. The van der Waals surface area contributed by atoms with E-state index >= 15 is 0 Å². The van der Waals surface area contributed by atoms with E-state index in [2.05, 4.69) is 10.8 Å². The van der Waals surface area contributed by atoms with Crippen molar-refractivity contribution in [3.8, 4) is 16.9 Å². The van der Waals surface area contributed by atoms with E-state index in [0.29, 0.717) is 16.9 Å². The van der Waals surface area contributed by atoms with Gasteiger partial charge >= 0.3 is 12.3 Å². The summed E-state index contributed by atoms with van der Waals surface area (Å²) in [6.07, 6.45) is -4.93. The van der Waals surface area contributed by atoms with Gasteiger partial charge in [0.25, 0.3) is 0 Å². The van der Waals surface area contributed by atoms with E-state index < -0.39 is 18.0 Å². The van der Waals surface area contributed by atoms with E-state index in [-0.39, 0.29) is 0 Å². The van der Waals surface area contributed by atoms with Gasteiger partial charge < -0.3 is 10.8 Å². The first-order chi connectivity index (χ1) is 12.7. The number of alkyl halides is 3. The molecule has 3 rings (SSSR count). The quantitative estimate of drug-likeness (QED) is 0.691. The first-order valence-corrected chi connectivity index (χ1v) is 8.02. The third kappa shape index (κ3) is 5.34. The van der Waals surface area contributed by atoms with Gasteiger partial charge in [0.05, 0.1) is 11.4 Å². The number of amides is 1. The van der Waals surface area contributed by atoms with Crippen molar-refractivity contribution in [2.75, 3.05) is 0 Å². The molecule has 1 amide bonds. The third-order valence-corrected chi connectivity index (χ3v) is 3.66. The molecule has 0 saturated heterocycles. The molecule has 5 nitrogen and oxygen atoms in total. The highest BCUT2D eigenvalue weighted by Gasteiger charge is 2.35. The second-order valence-electron chi connectivity index (χ2n) is 5.55. The number of aryl methyl sites for hydroxylation is 1. The summed E-state index contributed by atoms with van der Waals surface area (Å²) in [5.74, 6) is 0. The van der Waals surface area contributed by atoms with Crippen molar-refractivity contribution in [2.45, 2.75) is 19.5 Å². The van der Waals surface area contributed by atoms with Crippen LogP contribution in [0.15, 0.2) is 60.7 Å². The number of primary amides is 1. The minimum atomic E-state index is -4.47. The second kappa shape index (κ2) is 8.39. The number of benzene rings is 2. The van der Waals surface area contributed by atoms with Gasteiger partial charge in [-0.15, -0.1) is 0 Å². The van der Waals surface area contributed by atoms with Crippen LogP contribution >= 0.6 is 0 Å². The molecule has 0 spiro atoms. The van der Waals surface area contributed by atoms with Gasteiger partial charge in [0.1, 0.15) is 0 Å². The van der Waals surface area contributed by atoms with Crippen LogP contribution in [-0.4, -0.2) is 21.0 Å². The lowest BCUT2D eigenvalue weighted by Gasteiger charge is -2.08. The summed E-state index contributed by atoms with van der Waals surface area (Å²) >= 11 is 0. The lowest BCUT2D eigenvalue weighted by atomic mass is 10.1. The van der Waals surface area contributed by atoms with Crippen LogP contribution in [0.3, 0.4) is 0 Å². The molecule has 2 aromatic carbocycles. The number of nitrogens with zero attached hydrogens (tertiary/aromatic N) is 2. The Morgan fingerprint density at radius 1 is 1.11 bits per heavy atom. The van der Waals surface area contributed by atoms with E-state index in [1.807, 2.05) is 37.3 Å². The topological polar surface area (TPSA) is 81.1 Å². The molecule has 3 N–H and O–H groups in total. The Hall–Kier alpha value is -3.29. The largest absolute Gasteiger partial charge is 0.465 e. The summed E-state index contributed by atoms with van der Waals surface area (Å²) in [7, 11) is 0. The van der Waals surface area contributed by atoms with Crippen LogP contribution in [0.2, 0.25) is 0 Å². The molecule has 8 heteroatoms. The maximum absolute atomic E-state index is 13.1. The average molecular weight is 377 g/mol. The zero-order valence-electron chi connectivity index (χ0n) is 14.4. The van der Waals surface area contributed by atoms with Gasteiger partial charge in [-0.3, -0.25) is 0 Å². The molecule has 0 aliphatic heterocycles. The van der Waals surface area contributed by atoms with Gasteiger partial charge in [-0.1, -0.05) is 49.4 Å². The lowest BCUT2D eigenvalue weighted by molar-refractivity contribution is -0.141. The number of carboxylic acid groups (broad SMARTS) is 1. The third-order valence-electron chi connectivity index (χ3n) is 3.66. The van der Waals surface area contributed by atoms with Crippen molar-refractivity contribution >= 4 is 6.09 Å². The molecule has 27 heavy (non-hydrogen) atoms. The van der Waals surface area contributed by atoms with E-state index in [4.69, 9.17) is 9.90 Å². The zero-order valence-corrected chi connectivity index (χ0v) is 14.4. The predicted molar refractivity (Wildman–Crippen MR) is 95.6 cm³/mol. The fourth-order valence-electron chi connectivity index (χ4n) is 2.40. The highest BCUT2D eigenvalue weighted by atomic mass is 19.4. The molecule has 3 aromatic rings. The zero-order chi connectivity index (χ0) is 20.0. The maximum atomic E-state index is 13.1. The Morgan fingerprint density at radius 3 is 2.15 bits per heavy atom. The van der Waals surface area contributed by atoms with Crippen molar-refractivity contribution in [2.24, 2.45) is 5.73 Å². The lowest BCUT2D eigenvalue weighted by Crippen LogP contribution is -2.07.